The van der Waals surface area contributed by atoms with E-state index in [0.717, 1.165) is 43.4 Å². The van der Waals surface area contributed by atoms with Crippen LogP contribution in [-0.2, 0) is 4.79 Å². The van der Waals surface area contributed by atoms with E-state index in [-0.39, 0.29) is 11.9 Å². The lowest BCUT2D eigenvalue weighted by Gasteiger charge is -2.38. The highest BCUT2D eigenvalue weighted by atomic mass is 16.5. The van der Waals surface area contributed by atoms with E-state index in [2.05, 4.69) is 27.2 Å². The number of anilines is 2. The molecule has 1 atom stereocenters. The van der Waals surface area contributed by atoms with E-state index in [0.29, 0.717) is 0 Å². The van der Waals surface area contributed by atoms with E-state index in [4.69, 9.17) is 9.47 Å². The van der Waals surface area contributed by atoms with Gasteiger partial charge in [-0.05, 0) is 43.3 Å². The molecular weight excluding hydrogens is 342 g/mol. The number of rotatable bonds is 6. The number of methoxy groups -OCH3 is 2. The van der Waals surface area contributed by atoms with Crippen molar-refractivity contribution in [1.29, 1.82) is 0 Å². The van der Waals surface area contributed by atoms with Crippen LogP contribution in [0.25, 0.3) is 0 Å². The van der Waals surface area contributed by atoms with Crippen molar-refractivity contribution in [1.82, 2.24) is 4.90 Å². The van der Waals surface area contributed by atoms with Gasteiger partial charge in [-0.15, -0.1) is 0 Å². The standard InChI is InChI=1S/C21H27N3O3/c1-16(21(25)22-17-5-4-6-20(15-17)27-3)23-11-13-24(14-12-23)18-7-9-19(26-2)10-8-18/h4-10,15-16H,11-14H2,1-3H3,(H,22,25)/t16-/m1/s1. The van der Waals surface area contributed by atoms with Crippen molar-refractivity contribution in [3.05, 3.63) is 48.5 Å². The van der Waals surface area contributed by atoms with Crippen molar-refractivity contribution >= 4 is 17.3 Å². The van der Waals surface area contributed by atoms with Crippen LogP contribution in [0.1, 0.15) is 6.92 Å². The molecule has 0 bridgehead atoms. The molecule has 1 fully saturated rings. The second kappa shape index (κ2) is 8.77. The molecule has 2 aromatic carbocycles. The maximum atomic E-state index is 12.6. The lowest BCUT2D eigenvalue weighted by Crippen LogP contribution is -2.52. The smallest absolute Gasteiger partial charge is 0.241 e. The molecule has 0 aliphatic carbocycles. The van der Waals surface area contributed by atoms with Crippen molar-refractivity contribution in [2.75, 3.05) is 50.6 Å². The predicted octanol–water partition coefficient (Wildman–Crippen LogP) is 2.85. The summed E-state index contributed by atoms with van der Waals surface area (Å²) in [4.78, 5) is 17.2. The van der Waals surface area contributed by atoms with Gasteiger partial charge in [0.2, 0.25) is 5.91 Å². The Morgan fingerprint density at radius 1 is 0.963 bits per heavy atom. The average Bonchev–Trinajstić information content (AvgIpc) is 2.73. The number of nitrogens with one attached hydrogen (secondary N) is 1. The summed E-state index contributed by atoms with van der Waals surface area (Å²) in [6.45, 7) is 5.43. The Labute approximate surface area is 160 Å². The van der Waals surface area contributed by atoms with Crippen molar-refractivity contribution in [2.45, 2.75) is 13.0 Å². The molecule has 0 radical (unpaired) electrons. The Bertz CT molecular complexity index is 756. The van der Waals surface area contributed by atoms with Gasteiger partial charge >= 0.3 is 0 Å². The third kappa shape index (κ3) is 4.71. The molecular formula is C21H27N3O3. The topological polar surface area (TPSA) is 54.0 Å². The van der Waals surface area contributed by atoms with Gasteiger partial charge in [0.15, 0.2) is 0 Å². The minimum atomic E-state index is -0.186. The molecule has 0 spiro atoms. The lowest BCUT2D eigenvalue weighted by atomic mass is 10.2. The molecule has 1 saturated heterocycles. The number of hydrogen-bond donors (Lipinski definition) is 1. The summed E-state index contributed by atoms with van der Waals surface area (Å²) in [5, 5.41) is 2.98. The highest BCUT2D eigenvalue weighted by molar-refractivity contribution is 5.94. The fraction of sp³-hybridized carbons (Fsp3) is 0.381. The molecule has 1 aliphatic rings. The Balaban J connectivity index is 1.54. The summed E-state index contributed by atoms with van der Waals surface area (Å²) < 4.78 is 10.4. The quantitative estimate of drug-likeness (QED) is 0.849. The largest absolute Gasteiger partial charge is 0.497 e. The number of nitrogens with zero attached hydrogens (tertiary/aromatic N) is 2. The van der Waals surface area contributed by atoms with Gasteiger partial charge in [-0.2, -0.15) is 0 Å². The Morgan fingerprint density at radius 3 is 2.26 bits per heavy atom. The van der Waals surface area contributed by atoms with Crippen LogP contribution >= 0.6 is 0 Å². The number of amides is 1. The van der Waals surface area contributed by atoms with Crippen LogP contribution in [0.5, 0.6) is 11.5 Å². The second-order valence-electron chi connectivity index (χ2n) is 6.62. The van der Waals surface area contributed by atoms with Gasteiger partial charge in [0.05, 0.1) is 20.3 Å². The third-order valence-electron chi connectivity index (χ3n) is 5.02. The van der Waals surface area contributed by atoms with E-state index in [1.807, 2.05) is 43.3 Å². The average molecular weight is 369 g/mol. The molecule has 1 aliphatic heterocycles. The maximum absolute atomic E-state index is 12.6. The first-order chi connectivity index (χ1) is 13.1. The van der Waals surface area contributed by atoms with Gasteiger partial charge in [-0.1, -0.05) is 6.07 Å². The molecule has 0 unspecified atom stereocenters. The third-order valence-corrected chi connectivity index (χ3v) is 5.02. The summed E-state index contributed by atoms with van der Waals surface area (Å²) in [7, 11) is 3.29. The van der Waals surface area contributed by atoms with Crippen LogP contribution in [-0.4, -0.2) is 57.2 Å². The normalized spacial score (nSPS) is 15.9. The molecule has 0 aromatic heterocycles. The van der Waals surface area contributed by atoms with Crippen molar-refractivity contribution in [3.63, 3.8) is 0 Å². The SMILES string of the molecule is COc1ccc(N2CCN([C@H](C)C(=O)Nc3cccc(OC)c3)CC2)cc1. The number of piperazine rings is 1. The maximum Gasteiger partial charge on any atom is 0.241 e. The second-order valence-corrected chi connectivity index (χ2v) is 6.62. The first kappa shape index (κ1) is 19.0. The minimum Gasteiger partial charge on any atom is -0.497 e. The van der Waals surface area contributed by atoms with E-state index in [1.54, 1.807) is 14.2 Å². The van der Waals surface area contributed by atoms with Crippen molar-refractivity contribution < 1.29 is 14.3 Å². The van der Waals surface area contributed by atoms with Crippen LogP contribution < -0.4 is 19.7 Å². The minimum absolute atomic E-state index is 0.00107. The molecule has 6 heteroatoms. The number of benzene rings is 2. The summed E-state index contributed by atoms with van der Waals surface area (Å²) in [6, 6.07) is 15.3. The van der Waals surface area contributed by atoms with Gasteiger partial charge in [0, 0.05) is 43.6 Å². The number of hydrogen-bond acceptors (Lipinski definition) is 5. The van der Waals surface area contributed by atoms with Gasteiger partial charge in [-0.25, -0.2) is 0 Å². The summed E-state index contributed by atoms with van der Waals surface area (Å²) in [5.74, 6) is 1.59. The lowest BCUT2D eigenvalue weighted by molar-refractivity contribution is -0.120. The molecule has 1 amide bonds. The van der Waals surface area contributed by atoms with Gasteiger partial charge in [0.1, 0.15) is 11.5 Å². The molecule has 144 valence electrons. The van der Waals surface area contributed by atoms with E-state index in [1.165, 1.54) is 5.69 Å². The zero-order valence-corrected chi connectivity index (χ0v) is 16.1. The Kier molecular flexibility index (Phi) is 6.19. The molecule has 3 rings (SSSR count). The van der Waals surface area contributed by atoms with Gasteiger partial charge in [0.25, 0.3) is 0 Å². The molecule has 1 heterocycles. The number of carbonyl (C=O) groups is 1. The first-order valence-corrected chi connectivity index (χ1v) is 9.18. The summed E-state index contributed by atoms with van der Waals surface area (Å²) >= 11 is 0. The fourth-order valence-electron chi connectivity index (χ4n) is 3.27. The Morgan fingerprint density at radius 2 is 1.63 bits per heavy atom. The molecule has 1 N–H and O–H groups in total. The predicted molar refractivity (Wildman–Crippen MR) is 108 cm³/mol. The van der Waals surface area contributed by atoms with E-state index >= 15 is 0 Å². The summed E-state index contributed by atoms with van der Waals surface area (Å²) in [6.07, 6.45) is 0. The van der Waals surface area contributed by atoms with E-state index in [9.17, 15) is 4.79 Å². The van der Waals surface area contributed by atoms with Crippen LogP contribution in [0.15, 0.2) is 48.5 Å². The zero-order valence-electron chi connectivity index (χ0n) is 16.1. The Hall–Kier alpha value is -2.73. The van der Waals surface area contributed by atoms with Crippen LogP contribution in [0.2, 0.25) is 0 Å². The highest BCUT2D eigenvalue weighted by Crippen LogP contribution is 2.22. The van der Waals surface area contributed by atoms with Crippen LogP contribution in [0.3, 0.4) is 0 Å². The highest BCUT2D eigenvalue weighted by Gasteiger charge is 2.25. The molecule has 6 nitrogen and oxygen atoms in total. The number of carbonyl (C=O) groups excluding carboxylic acids is 1. The van der Waals surface area contributed by atoms with Crippen molar-refractivity contribution in [3.8, 4) is 11.5 Å². The monoisotopic (exact) mass is 369 g/mol. The van der Waals surface area contributed by atoms with Crippen LogP contribution in [0.4, 0.5) is 11.4 Å². The first-order valence-electron chi connectivity index (χ1n) is 9.18. The molecule has 0 saturated carbocycles. The fourth-order valence-corrected chi connectivity index (χ4v) is 3.27. The zero-order chi connectivity index (χ0) is 19.2. The van der Waals surface area contributed by atoms with Gasteiger partial charge in [-0.3, -0.25) is 9.69 Å². The molecule has 2 aromatic rings. The molecule has 27 heavy (non-hydrogen) atoms. The van der Waals surface area contributed by atoms with Crippen molar-refractivity contribution in [2.24, 2.45) is 0 Å². The van der Waals surface area contributed by atoms with Gasteiger partial charge < -0.3 is 19.7 Å². The summed E-state index contributed by atoms with van der Waals surface area (Å²) in [5.41, 5.74) is 1.94. The number of ether oxygens (including phenoxy) is 2. The van der Waals surface area contributed by atoms with E-state index < -0.39 is 0 Å². The van der Waals surface area contributed by atoms with Crippen LogP contribution in [0, 0.1) is 0 Å².